The molecule has 6 nitrogen and oxygen atoms in total. The number of ether oxygens (including phenoxy) is 1. The molecule has 0 bridgehead atoms. The van der Waals surface area contributed by atoms with E-state index in [1.807, 2.05) is 67.3 Å². The second-order valence-corrected chi connectivity index (χ2v) is 6.96. The van der Waals surface area contributed by atoms with E-state index >= 15 is 0 Å². The van der Waals surface area contributed by atoms with E-state index < -0.39 is 0 Å². The second kappa shape index (κ2) is 6.20. The molecule has 3 heterocycles. The first-order chi connectivity index (χ1) is 13.6. The van der Waals surface area contributed by atoms with E-state index in [0.717, 1.165) is 39.0 Å². The van der Waals surface area contributed by atoms with Gasteiger partial charge in [-0.1, -0.05) is 30.3 Å². The summed E-state index contributed by atoms with van der Waals surface area (Å²) in [4.78, 5) is 16.5. The van der Waals surface area contributed by atoms with Crippen LogP contribution in [-0.2, 0) is 11.8 Å². The maximum Gasteiger partial charge on any atom is 0.262 e. The van der Waals surface area contributed by atoms with Gasteiger partial charge in [0, 0.05) is 35.8 Å². The first-order valence-corrected chi connectivity index (χ1v) is 9.06. The highest BCUT2D eigenvalue weighted by atomic mass is 16.5. The molecule has 0 radical (unpaired) electrons. The fourth-order valence-electron chi connectivity index (χ4n) is 3.59. The number of aromatic nitrogens is 3. The highest BCUT2D eigenvalue weighted by Crippen LogP contribution is 2.36. The molecular formula is C22H18N4O2. The van der Waals surface area contributed by atoms with Crippen molar-refractivity contribution in [3.05, 3.63) is 60.3 Å². The summed E-state index contributed by atoms with van der Waals surface area (Å²) in [5, 5.41) is 8.49. The van der Waals surface area contributed by atoms with Gasteiger partial charge in [-0.25, -0.2) is 4.98 Å². The standard InChI is InChI=1S/C22H18N4O2/c1-13-8-17(16-11-26(2)25-22(16)14-6-4-3-5-7-14)23-18-10-20-19(9-15(13)18)24-21(27)12-28-20/h3-11H,12H2,1-2H3,(H,24,27). The maximum absolute atomic E-state index is 11.6. The summed E-state index contributed by atoms with van der Waals surface area (Å²) in [5.41, 5.74) is 6.37. The molecule has 0 saturated heterocycles. The summed E-state index contributed by atoms with van der Waals surface area (Å²) < 4.78 is 7.37. The van der Waals surface area contributed by atoms with Gasteiger partial charge in [0.25, 0.3) is 5.91 Å². The van der Waals surface area contributed by atoms with Crippen molar-refractivity contribution >= 4 is 22.5 Å². The lowest BCUT2D eigenvalue weighted by Crippen LogP contribution is -2.25. The Labute approximate surface area is 161 Å². The summed E-state index contributed by atoms with van der Waals surface area (Å²) in [7, 11) is 1.91. The minimum absolute atomic E-state index is 0.0257. The molecule has 1 N–H and O–H groups in total. The molecule has 0 unspecified atom stereocenters. The Morgan fingerprint density at radius 2 is 1.96 bits per heavy atom. The average Bonchev–Trinajstić information content (AvgIpc) is 3.09. The highest BCUT2D eigenvalue weighted by Gasteiger charge is 2.19. The number of amides is 1. The van der Waals surface area contributed by atoms with Gasteiger partial charge in [-0.15, -0.1) is 0 Å². The maximum atomic E-state index is 11.6. The van der Waals surface area contributed by atoms with Crippen LogP contribution in [0.3, 0.4) is 0 Å². The minimum Gasteiger partial charge on any atom is -0.482 e. The van der Waals surface area contributed by atoms with Crippen LogP contribution in [0.5, 0.6) is 5.75 Å². The number of rotatable bonds is 2. The van der Waals surface area contributed by atoms with Gasteiger partial charge in [-0.2, -0.15) is 5.10 Å². The Morgan fingerprint density at radius 1 is 1.14 bits per heavy atom. The molecule has 0 fully saturated rings. The lowest BCUT2D eigenvalue weighted by atomic mass is 10.0. The summed E-state index contributed by atoms with van der Waals surface area (Å²) in [6.45, 7) is 2.07. The largest absolute Gasteiger partial charge is 0.482 e. The van der Waals surface area contributed by atoms with Crippen LogP contribution in [-0.4, -0.2) is 27.3 Å². The lowest BCUT2D eigenvalue weighted by molar-refractivity contribution is -0.118. The molecule has 2 aromatic carbocycles. The molecule has 1 aliphatic rings. The van der Waals surface area contributed by atoms with Crippen LogP contribution in [0.25, 0.3) is 33.4 Å². The third-order valence-electron chi connectivity index (χ3n) is 4.90. The van der Waals surface area contributed by atoms with E-state index in [1.165, 1.54) is 0 Å². The molecule has 1 amide bonds. The number of nitrogens with zero attached hydrogens (tertiary/aromatic N) is 3. The van der Waals surface area contributed by atoms with Crippen LogP contribution in [0, 0.1) is 6.92 Å². The van der Waals surface area contributed by atoms with E-state index in [9.17, 15) is 4.79 Å². The third kappa shape index (κ3) is 2.70. The smallest absolute Gasteiger partial charge is 0.262 e. The van der Waals surface area contributed by atoms with E-state index in [4.69, 9.17) is 9.72 Å². The van der Waals surface area contributed by atoms with Crippen molar-refractivity contribution in [2.75, 3.05) is 11.9 Å². The molecule has 2 aromatic heterocycles. The first-order valence-electron chi connectivity index (χ1n) is 9.06. The number of anilines is 1. The number of fused-ring (bicyclic) bond motifs is 2. The van der Waals surface area contributed by atoms with Crippen LogP contribution < -0.4 is 10.1 Å². The van der Waals surface area contributed by atoms with Crippen LogP contribution in [0.4, 0.5) is 5.69 Å². The topological polar surface area (TPSA) is 69.0 Å². The van der Waals surface area contributed by atoms with Gasteiger partial charge >= 0.3 is 0 Å². The zero-order valence-corrected chi connectivity index (χ0v) is 15.6. The Balaban J connectivity index is 1.69. The minimum atomic E-state index is -0.142. The van der Waals surface area contributed by atoms with Crippen molar-refractivity contribution in [3.8, 4) is 28.3 Å². The Bertz CT molecular complexity index is 1230. The molecule has 0 saturated carbocycles. The number of pyridine rings is 1. The van der Waals surface area contributed by atoms with Crippen molar-refractivity contribution in [2.24, 2.45) is 7.05 Å². The van der Waals surface area contributed by atoms with Crippen molar-refractivity contribution in [2.45, 2.75) is 6.92 Å². The first kappa shape index (κ1) is 16.5. The zero-order chi connectivity index (χ0) is 19.3. The van der Waals surface area contributed by atoms with Crippen molar-refractivity contribution < 1.29 is 9.53 Å². The van der Waals surface area contributed by atoms with E-state index in [-0.39, 0.29) is 12.5 Å². The number of hydrogen-bond acceptors (Lipinski definition) is 4. The number of benzene rings is 2. The van der Waals surface area contributed by atoms with Gasteiger partial charge in [0.2, 0.25) is 0 Å². The van der Waals surface area contributed by atoms with Gasteiger partial charge in [-0.3, -0.25) is 9.48 Å². The van der Waals surface area contributed by atoms with Gasteiger partial charge in [0.1, 0.15) is 11.4 Å². The zero-order valence-electron chi connectivity index (χ0n) is 15.6. The molecule has 138 valence electrons. The molecule has 0 aliphatic carbocycles. The monoisotopic (exact) mass is 370 g/mol. The SMILES string of the molecule is Cc1cc(-c2cn(C)nc2-c2ccccc2)nc2cc3c(cc12)NC(=O)CO3. The van der Waals surface area contributed by atoms with E-state index in [0.29, 0.717) is 11.4 Å². The van der Waals surface area contributed by atoms with Crippen LogP contribution in [0.1, 0.15) is 5.56 Å². The highest BCUT2D eigenvalue weighted by molar-refractivity contribution is 6.00. The fraction of sp³-hybridized carbons (Fsp3) is 0.136. The predicted octanol–water partition coefficient (Wildman–Crippen LogP) is 3.94. The Kier molecular flexibility index (Phi) is 3.65. The molecule has 0 atom stereocenters. The number of carbonyl (C=O) groups is 1. The molecule has 1 aliphatic heterocycles. The predicted molar refractivity (Wildman–Crippen MR) is 108 cm³/mol. The van der Waals surface area contributed by atoms with Gasteiger partial charge in [0.15, 0.2) is 6.61 Å². The Morgan fingerprint density at radius 3 is 2.79 bits per heavy atom. The summed E-state index contributed by atoms with van der Waals surface area (Å²) in [6.07, 6.45) is 1.99. The molecule has 0 spiro atoms. The average molecular weight is 370 g/mol. The molecular weight excluding hydrogens is 352 g/mol. The third-order valence-corrected chi connectivity index (χ3v) is 4.90. The Hall–Kier alpha value is -3.67. The molecule has 28 heavy (non-hydrogen) atoms. The second-order valence-electron chi connectivity index (χ2n) is 6.96. The summed E-state index contributed by atoms with van der Waals surface area (Å²) in [5.74, 6) is 0.502. The summed E-state index contributed by atoms with van der Waals surface area (Å²) >= 11 is 0. The number of aryl methyl sites for hydroxylation is 2. The van der Waals surface area contributed by atoms with Crippen LogP contribution in [0.2, 0.25) is 0 Å². The van der Waals surface area contributed by atoms with Crippen LogP contribution >= 0.6 is 0 Å². The fourth-order valence-corrected chi connectivity index (χ4v) is 3.59. The molecule has 5 rings (SSSR count). The number of nitrogens with one attached hydrogen (secondary N) is 1. The van der Waals surface area contributed by atoms with Gasteiger partial charge in [-0.05, 0) is 24.6 Å². The number of carbonyl (C=O) groups excluding carboxylic acids is 1. The molecule has 6 heteroatoms. The van der Waals surface area contributed by atoms with Gasteiger partial charge in [0.05, 0.1) is 16.9 Å². The van der Waals surface area contributed by atoms with E-state index in [2.05, 4.69) is 16.5 Å². The quantitative estimate of drug-likeness (QED) is 0.580. The molecule has 4 aromatic rings. The normalized spacial score (nSPS) is 13.1. The number of hydrogen-bond donors (Lipinski definition) is 1. The van der Waals surface area contributed by atoms with Crippen molar-refractivity contribution in [1.82, 2.24) is 14.8 Å². The summed E-state index contributed by atoms with van der Waals surface area (Å²) in [6, 6.07) is 16.0. The van der Waals surface area contributed by atoms with E-state index in [1.54, 1.807) is 0 Å². The van der Waals surface area contributed by atoms with Gasteiger partial charge < -0.3 is 10.1 Å². The van der Waals surface area contributed by atoms with Crippen molar-refractivity contribution in [3.63, 3.8) is 0 Å². The van der Waals surface area contributed by atoms with Crippen LogP contribution in [0.15, 0.2) is 54.7 Å². The van der Waals surface area contributed by atoms with Crippen molar-refractivity contribution in [1.29, 1.82) is 0 Å². The lowest BCUT2D eigenvalue weighted by Gasteiger charge is -2.19.